The SMILES string of the molecule is COc1c(C)cnc(Cn2cnc([N+](=O)[O-])c2)c1C. The van der Waals surface area contributed by atoms with Crippen molar-refractivity contribution >= 4 is 5.82 Å². The second-order valence-electron chi connectivity index (χ2n) is 4.21. The van der Waals surface area contributed by atoms with E-state index in [9.17, 15) is 10.1 Å². The summed E-state index contributed by atoms with van der Waals surface area (Å²) in [5.41, 5.74) is 2.69. The van der Waals surface area contributed by atoms with E-state index in [2.05, 4.69) is 9.97 Å². The third-order valence-electron chi connectivity index (χ3n) is 2.89. The normalized spacial score (nSPS) is 10.5. The van der Waals surface area contributed by atoms with E-state index >= 15 is 0 Å². The molecule has 0 saturated heterocycles. The molecule has 0 N–H and O–H groups in total. The van der Waals surface area contributed by atoms with Crippen molar-refractivity contribution < 1.29 is 9.66 Å². The molecule has 0 spiro atoms. The van der Waals surface area contributed by atoms with Gasteiger partial charge in [0.1, 0.15) is 11.9 Å². The molecule has 7 nitrogen and oxygen atoms in total. The van der Waals surface area contributed by atoms with Crippen LogP contribution < -0.4 is 4.74 Å². The smallest absolute Gasteiger partial charge is 0.381 e. The van der Waals surface area contributed by atoms with Crippen LogP contribution in [0.15, 0.2) is 18.7 Å². The maximum Gasteiger partial charge on any atom is 0.381 e. The lowest BCUT2D eigenvalue weighted by atomic mass is 10.1. The number of nitro groups is 1. The van der Waals surface area contributed by atoms with E-state index in [0.29, 0.717) is 6.54 Å². The topological polar surface area (TPSA) is 83.1 Å². The first-order chi connectivity index (χ1) is 9.02. The molecule has 0 aliphatic heterocycles. The first-order valence-electron chi connectivity index (χ1n) is 5.68. The summed E-state index contributed by atoms with van der Waals surface area (Å²) in [6.45, 7) is 4.26. The molecule has 0 aliphatic rings. The third-order valence-corrected chi connectivity index (χ3v) is 2.89. The molecule has 0 radical (unpaired) electrons. The third kappa shape index (κ3) is 2.54. The van der Waals surface area contributed by atoms with E-state index in [4.69, 9.17) is 4.74 Å². The van der Waals surface area contributed by atoms with E-state index in [1.807, 2.05) is 13.8 Å². The average Bonchev–Trinajstić information content (AvgIpc) is 2.82. The summed E-state index contributed by atoms with van der Waals surface area (Å²) >= 11 is 0. The van der Waals surface area contributed by atoms with Gasteiger partial charge in [0.2, 0.25) is 6.33 Å². The summed E-state index contributed by atoms with van der Waals surface area (Å²) in [6, 6.07) is 0. The molecule has 100 valence electrons. The molecule has 0 saturated carbocycles. The Bertz CT molecular complexity index is 621. The molecule has 2 rings (SSSR count). The van der Waals surface area contributed by atoms with Crippen LogP contribution in [0, 0.1) is 24.0 Å². The first kappa shape index (κ1) is 13.0. The maximum atomic E-state index is 10.6. The molecular weight excluding hydrogens is 248 g/mol. The first-order valence-corrected chi connectivity index (χ1v) is 5.68. The van der Waals surface area contributed by atoms with Crippen LogP contribution in [0.1, 0.15) is 16.8 Å². The van der Waals surface area contributed by atoms with Crippen LogP contribution >= 0.6 is 0 Å². The van der Waals surface area contributed by atoms with Gasteiger partial charge in [0, 0.05) is 17.3 Å². The largest absolute Gasteiger partial charge is 0.496 e. The Kier molecular flexibility index (Phi) is 3.46. The molecule has 2 aromatic rings. The lowest BCUT2D eigenvalue weighted by molar-refractivity contribution is -0.389. The number of aryl methyl sites for hydroxylation is 1. The van der Waals surface area contributed by atoms with Crippen molar-refractivity contribution in [2.75, 3.05) is 7.11 Å². The number of nitrogens with zero attached hydrogens (tertiary/aromatic N) is 4. The minimum absolute atomic E-state index is 0.170. The summed E-state index contributed by atoms with van der Waals surface area (Å²) in [7, 11) is 1.61. The van der Waals surface area contributed by atoms with Gasteiger partial charge in [-0.15, -0.1) is 0 Å². The van der Waals surface area contributed by atoms with Crippen molar-refractivity contribution in [3.05, 3.63) is 45.7 Å². The van der Waals surface area contributed by atoms with Crippen molar-refractivity contribution in [3.63, 3.8) is 0 Å². The molecule has 0 atom stereocenters. The van der Waals surface area contributed by atoms with Crippen LogP contribution in [0.5, 0.6) is 5.75 Å². The monoisotopic (exact) mass is 262 g/mol. The van der Waals surface area contributed by atoms with E-state index in [1.165, 1.54) is 12.5 Å². The predicted molar refractivity (Wildman–Crippen MR) is 68.2 cm³/mol. The maximum absolute atomic E-state index is 10.6. The van der Waals surface area contributed by atoms with Crippen molar-refractivity contribution in [1.29, 1.82) is 0 Å². The van der Waals surface area contributed by atoms with E-state index in [1.54, 1.807) is 17.9 Å². The summed E-state index contributed by atoms with van der Waals surface area (Å²) in [4.78, 5) is 18.1. The van der Waals surface area contributed by atoms with E-state index < -0.39 is 4.92 Å². The highest BCUT2D eigenvalue weighted by Gasteiger charge is 2.13. The minimum atomic E-state index is -0.521. The Morgan fingerprint density at radius 1 is 1.42 bits per heavy atom. The number of hydrogen-bond donors (Lipinski definition) is 0. The summed E-state index contributed by atoms with van der Waals surface area (Å²) in [6.07, 6.45) is 4.53. The van der Waals surface area contributed by atoms with E-state index in [0.717, 1.165) is 22.6 Å². The van der Waals surface area contributed by atoms with Crippen molar-refractivity contribution in [1.82, 2.24) is 14.5 Å². The molecule has 2 heterocycles. The van der Waals surface area contributed by atoms with Gasteiger partial charge < -0.3 is 19.4 Å². The zero-order valence-electron chi connectivity index (χ0n) is 11.0. The van der Waals surface area contributed by atoms with Gasteiger partial charge in [0.05, 0.1) is 19.3 Å². The molecule has 7 heteroatoms. The van der Waals surface area contributed by atoms with Gasteiger partial charge in [-0.2, -0.15) is 0 Å². The van der Waals surface area contributed by atoms with E-state index in [-0.39, 0.29) is 5.82 Å². The van der Waals surface area contributed by atoms with Gasteiger partial charge >= 0.3 is 5.82 Å². The van der Waals surface area contributed by atoms with Gasteiger partial charge in [-0.05, 0) is 23.8 Å². The van der Waals surface area contributed by atoms with Gasteiger partial charge in [-0.25, -0.2) is 0 Å². The molecule has 0 aliphatic carbocycles. The molecule has 0 bridgehead atoms. The van der Waals surface area contributed by atoms with Crippen molar-refractivity contribution in [3.8, 4) is 5.75 Å². The zero-order valence-corrected chi connectivity index (χ0v) is 11.0. The van der Waals surface area contributed by atoms with Crippen molar-refractivity contribution in [2.45, 2.75) is 20.4 Å². The van der Waals surface area contributed by atoms with Crippen molar-refractivity contribution in [2.24, 2.45) is 0 Å². The summed E-state index contributed by atoms with van der Waals surface area (Å²) in [5.74, 6) is 0.622. The van der Waals surface area contributed by atoms with Crippen LogP contribution in [0.25, 0.3) is 0 Å². The Morgan fingerprint density at radius 2 is 2.16 bits per heavy atom. The van der Waals surface area contributed by atoms with Gasteiger partial charge in [0.25, 0.3) is 0 Å². The van der Waals surface area contributed by atoms with Crippen LogP contribution in [0.4, 0.5) is 5.82 Å². The van der Waals surface area contributed by atoms with Gasteiger partial charge in [0.15, 0.2) is 0 Å². The minimum Gasteiger partial charge on any atom is -0.496 e. The van der Waals surface area contributed by atoms with Crippen LogP contribution in [-0.2, 0) is 6.54 Å². The van der Waals surface area contributed by atoms with Gasteiger partial charge in [-0.1, -0.05) is 0 Å². The molecule has 0 aromatic carbocycles. The van der Waals surface area contributed by atoms with Gasteiger partial charge in [-0.3, -0.25) is 4.98 Å². The zero-order chi connectivity index (χ0) is 14.0. The Hall–Kier alpha value is -2.44. The number of ether oxygens (including phenoxy) is 1. The number of pyridine rings is 1. The second kappa shape index (κ2) is 5.05. The van der Waals surface area contributed by atoms with Crippen LogP contribution in [0.3, 0.4) is 0 Å². The Balaban J connectivity index is 2.30. The fourth-order valence-corrected chi connectivity index (χ4v) is 1.93. The number of rotatable bonds is 4. The average molecular weight is 262 g/mol. The second-order valence-corrected chi connectivity index (χ2v) is 4.21. The molecule has 0 amide bonds. The molecule has 0 fully saturated rings. The fraction of sp³-hybridized carbons (Fsp3) is 0.333. The standard InChI is InChI=1S/C12H14N4O3/c1-8-4-13-10(9(2)12(8)19-3)5-15-6-11(14-7-15)16(17)18/h4,6-7H,5H2,1-3H3. The quantitative estimate of drug-likeness (QED) is 0.620. The fourth-order valence-electron chi connectivity index (χ4n) is 1.93. The Labute approximate surface area is 110 Å². The van der Waals surface area contributed by atoms with Crippen LogP contribution in [-0.4, -0.2) is 26.6 Å². The lowest BCUT2D eigenvalue weighted by Crippen LogP contribution is -2.04. The highest BCUT2D eigenvalue weighted by atomic mass is 16.6. The molecule has 0 unspecified atom stereocenters. The molecular formula is C12H14N4O3. The predicted octanol–water partition coefficient (Wildman–Crippen LogP) is 1.86. The lowest BCUT2D eigenvalue weighted by Gasteiger charge is -2.11. The molecule has 19 heavy (non-hydrogen) atoms. The summed E-state index contributed by atoms with van der Waals surface area (Å²) < 4.78 is 6.95. The van der Waals surface area contributed by atoms with Crippen LogP contribution in [0.2, 0.25) is 0 Å². The summed E-state index contributed by atoms with van der Waals surface area (Å²) in [5, 5.41) is 10.6. The highest BCUT2D eigenvalue weighted by Crippen LogP contribution is 2.24. The number of hydrogen-bond acceptors (Lipinski definition) is 5. The highest BCUT2D eigenvalue weighted by molar-refractivity contribution is 5.41. The molecule has 2 aromatic heterocycles. The number of methoxy groups -OCH3 is 1. The number of aromatic nitrogens is 3. The number of imidazole rings is 1. The Morgan fingerprint density at radius 3 is 2.74 bits per heavy atom.